The van der Waals surface area contributed by atoms with E-state index >= 15 is 0 Å². The van der Waals surface area contributed by atoms with E-state index in [1.165, 1.54) is 0 Å². The molecule has 0 saturated carbocycles. The van der Waals surface area contributed by atoms with Gasteiger partial charge in [0.15, 0.2) is 0 Å². The Morgan fingerprint density at radius 1 is 0.905 bits per heavy atom. The van der Waals surface area contributed by atoms with Crippen molar-refractivity contribution in [1.29, 1.82) is 0 Å². The minimum atomic E-state index is 0.677. The quantitative estimate of drug-likeness (QED) is 0.846. The van der Waals surface area contributed by atoms with E-state index in [0.29, 0.717) is 12.5 Å². The molecule has 0 saturated heterocycles. The van der Waals surface area contributed by atoms with Gasteiger partial charge in [-0.15, -0.1) is 0 Å². The number of ether oxygens (including phenoxy) is 2. The van der Waals surface area contributed by atoms with Gasteiger partial charge in [0.1, 0.15) is 11.5 Å². The van der Waals surface area contributed by atoms with Crippen LogP contribution in [-0.4, -0.2) is 31.2 Å². The highest BCUT2D eigenvalue weighted by atomic mass is 16.5. The maximum atomic E-state index is 5.29. The van der Waals surface area contributed by atoms with Gasteiger partial charge in [0.2, 0.25) is 5.95 Å². The normalized spacial score (nSPS) is 10.3. The number of benzene rings is 1. The number of aryl methyl sites for hydroxylation is 2. The SMILES string of the molecule is COc1cc(CN(C)c2nc(C)cc(C)n2)cc(OC)c1. The Labute approximate surface area is 125 Å². The van der Waals surface area contributed by atoms with Crippen molar-refractivity contribution in [3.8, 4) is 11.5 Å². The summed E-state index contributed by atoms with van der Waals surface area (Å²) in [6.45, 7) is 4.62. The molecule has 5 nitrogen and oxygen atoms in total. The zero-order valence-electron chi connectivity index (χ0n) is 13.2. The van der Waals surface area contributed by atoms with Crippen LogP contribution in [0.2, 0.25) is 0 Å². The molecule has 0 N–H and O–H groups in total. The van der Waals surface area contributed by atoms with Crippen LogP contribution in [0.15, 0.2) is 24.3 Å². The first-order valence-corrected chi connectivity index (χ1v) is 6.77. The molecule has 2 aromatic rings. The third kappa shape index (κ3) is 3.84. The van der Waals surface area contributed by atoms with Crippen molar-refractivity contribution < 1.29 is 9.47 Å². The van der Waals surface area contributed by atoms with Crippen LogP contribution in [0.1, 0.15) is 17.0 Å². The van der Waals surface area contributed by atoms with Gasteiger partial charge in [0, 0.05) is 31.0 Å². The van der Waals surface area contributed by atoms with E-state index in [9.17, 15) is 0 Å². The van der Waals surface area contributed by atoms with Crippen molar-refractivity contribution in [3.63, 3.8) is 0 Å². The van der Waals surface area contributed by atoms with E-state index in [0.717, 1.165) is 28.5 Å². The van der Waals surface area contributed by atoms with Crippen molar-refractivity contribution in [2.75, 3.05) is 26.2 Å². The Hall–Kier alpha value is -2.30. The lowest BCUT2D eigenvalue weighted by molar-refractivity contribution is 0.393. The Morgan fingerprint density at radius 2 is 1.43 bits per heavy atom. The molecule has 0 aliphatic heterocycles. The Balaban J connectivity index is 2.24. The second-order valence-corrected chi connectivity index (χ2v) is 5.03. The van der Waals surface area contributed by atoms with Crippen molar-refractivity contribution >= 4 is 5.95 Å². The van der Waals surface area contributed by atoms with Gasteiger partial charge < -0.3 is 14.4 Å². The lowest BCUT2D eigenvalue weighted by Crippen LogP contribution is -2.19. The predicted octanol–water partition coefficient (Wildman–Crippen LogP) is 2.75. The van der Waals surface area contributed by atoms with E-state index in [-0.39, 0.29) is 0 Å². The van der Waals surface area contributed by atoms with Crippen LogP contribution in [0, 0.1) is 13.8 Å². The van der Waals surface area contributed by atoms with Gasteiger partial charge in [-0.3, -0.25) is 0 Å². The molecule has 0 bridgehead atoms. The standard InChI is InChI=1S/C16H21N3O2/c1-11-6-12(2)18-16(17-11)19(3)10-13-7-14(20-4)9-15(8-13)21-5/h6-9H,10H2,1-5H3. The molecule has 0 atom stereocenters. The summed E-state index contributed by atoms with van der Waals surface area (Å²) in [5.74, 6) is 2.27. The molecule has 5 heteroatoms. The highest BCUT2D eigenvalue weighted by Crippen LogP contribution is 2.24. The first-order valence-electron chi connectivity index (χ1n) is 6.77. The van der Waals surface area contributed by atoms with Crippen molar-refractivity contribution in [3.05, 3.63) is 41.2 Å². The minimum absolute atomic E-state index is 0.677. The van der Waals surface area contributed by atoms with E-state index < -0.39 is 0 Å². The smallest absolute Gasteiger partial charge is 0.225 e. The number of aromatic nitrogens is 2. The molecule has 0 aliphatic carbocycles. The van der Waals surface area contributed by atoms with Crippen molar-refractivity contribution in [2.45, 2.75) is 20.4 Å². The first-order chi connectivity index (χ1) is 10.0. The third-order valence-corrected chi connectivity index (χ3v) is 3.14. The fraction of sp³-hybridized carbons (Fsp3) is 0.375. The van der Waals surface area contributed by atoms with E-state index in [2.05, 4.69) is 9.97 Å². The number of rotatable bonds is 5. The summed E-state index contributed by atoms with van der Waals surface area (Å²) in [4.78, 5) is 10.9. The van der Waals surface area contributed by atoms with Gasteiger partial charge >= 0.3 is 0 Å². The fourth-order valence-electron chi connectivity index (χ4n) is 2.18. The van der Waals surface area contributed by atoms with Crippen LogP contribution in [0.5, 0.6) is 11.5 Å². The van der Waals surface area contributed by atoms with Crippen molar-refractivity contribution in [2.24, 2.45) is 0 Å². The Bertz CT molecular complexity index is 586. The van der Waals surface area contributed by atoms with Crippen LogP contribution in [0.3, 0.4) is 0 Å². The summed E-state index contributed by atoms with van der Waals surface area (Å²) in [7, 11) is 5.27. The lowest BCUT2D eigenvalue weighted by atomic mass is 10.2. The topological polar surface area (TPSA) is 47.5 Å². The summed E-state index contributed by atoms with van der Waals surface area (Å²) in [5, 5.41) is 0. The summed E-state index contributed by atoms with van der Waals surface area (Å²) in [6.07, 6.45) is 0. The van der Waals surface area contributed by atoms with Crippen LogP contribution in [0.25, 0.3) is 0 Å². The van der Waals surface area contributed by atoms with Gasteiger partial charge in [-0.05, 0) is 37.6 Å². The highest BCUT2D eigenvalue weighted by molar-refractivity contribution is 5.41. The molecule has 1 aromatic carbocycles. The number of anilines is 1. The molecule has 2 rings (SSSR count). The summed E-state index contributed by atoms with van der Waals surface area (Å²) in [5.41, 5.74) is 3.01. The molecule has 21 heavy (non-hydrogen) atoms. The summed E-state index contributed by atoms with van der Waals surface area (Å²) >= 11 is 0. The van der Waals surface area contributed by atoms with Gasteiger partial charge in [-0.1, -0.05) is 0 Å². The molecule has 0 amide bonds. The highest BCUT2D eigenvalue weighted by Gasteiger charge is 2.09. The van der Waals surface area contributed by atoms with E-state index in [4.69, 9.17) is 9.47 Å². The molecule has 0 aliphatic rings. The lowest BCUT2D eigenvalue weighted by Gasteiger charge is -2.19. The average molecular weight is 287 g/mol. The number of hydrogen-bond donors (Lipinski definition) is 0. The zero-order chi connectivity index (χ0) is 15.4. The fourth-order valence-corrected chi connectivity index (χ4v) is 2.18. The van der Waals surface area contributed by atoms with E-state index in [1.54, 1.807) is 14.2 Å². The largest absolute Gasteiger partial charge is 0.497 e. The Morgan fingerprint density at radius 3 is 1.90 bits per heavy atom. The molecule has 0 unspecified atom stereocenters. The third-order valence-electron chi connectivity index (χ3n) is 3.14. The van der Waals surface area contributed by atoms with Crippen LogP contribution in [-0.2, 0) is 6.54 Å². The van der Waals surface area contributed by atoms with Gasteiger partial charge in [0.25, 0.3) is 0 Å². The maximum Gasteiger partial charge on any atom is 0.225 e. The minimum Gasteiger partial charge on any atom is -0.497 e. The monoisotopic (exact) mass is 287 g/mol. The van der Waals surface area contributed by atoms with E-state index in [1.807, 2.05) is 50.1 Å². The van der Waals surface area contributed by atoms with Crippen molar-refractivity contribution in [1.82, 2.24) is 9.97 Å². The second-order valence-electron chi connectivity index (χ2n) is 5.03. The Kier molecular flexibility index (Phi) is 4.62. The molecular weight excluding hydrogens is 266 g/mol. The number of nitrogens with zero attached hydrogens (tertiary/aromatic N) is 3. The molecule has 1 heterocycles. The molecule has 0 fully saturated rings. The number of methoxy groups -OCH3 is 2. The van der Waals surface area contributed by atoms with Crippen LogP contribution < -0.4 is 14.4 Å². The molecule has 1 aromatic heterocycles. The van der Waals surface area contributed by atoms with Crippen LogP contribution in [0.4, 0.5) is 5.95 Å². The molecule has 112 valence electrons. The maximum absolute atomic E-state index is 5.29. The molecule has 0 radical (unpaired) electrons. The zero-order valence-corrected chi connectivity index (χ0v) is 13.2. The van der Waals surface area contributed by atoms with Crippen LogP contribution >= 0.6 is 0 Å². The molecule has 0 spiro atoms. The predicted molar refractivity (Wildman–Crippen MR) is 83.2 cm³/mol. The van der Waals surface area contributed by atoms with Gasteiger partial charge in [-0.2, -0.15) is 0 Å². The average Bonchev–Trinajstić information content (AvgIpc) is 2.45. The summed E-state index contributed by atoms with van der Waals surface area (Å²) < 4.78 is 10.6. The number of hydrogen-bond acceptors (Lipinski definition) is 5. The summed E-state index contributed by atoms with van der Waals surface area (Å²) in [6, 6.07) is 7.80. The first kappa shape index (κ1) is 15.1. The van der Waals surface area contributed by atoms with Gasteiger partial charge in [0.05, 0.1) is 14.2 Å². The molecular formula is C16H21N3O2. The second kappa shape index (κ2) is 6.43. The van der Waals surface area contributed by atoms with Gasteiger partial charge in [-0.25, -0.2) is 9.97 Å².